The number of benzene rings is 1. The van der Waals surface area contributed by atoms with E-state index in [4.69, 9.17) is 0 Å². The second-order valence-electron chi connectivity index (χ2n) is 10.2. The van der Waals surface area contributed by atoms with Crippen LogP contribution in [0.4, 0.5) is 4.39 Å². The van der Waals surface area contributed by atoms with Crippen molar-refractivity contribution < 1.29 is 9.18 Å². The number of carbonyl (C=O) groups is 1. The minimum Gasteiger partial charge on any atom is -0.332 e. The Morgan fingerprint density at radius 1 is 1.08 bits per heavy atom. The summed E-state index contributed by atoms with van der Waals surface area (Å²) in [6.07, 6.45) is 4.25. The van der Waals surface area contributed by atoms with E-state index >= 15 is 0 Å². The number of amides is 1. The van der Waals surface area contributed by atoms with Gasteiger partial charge in [-0.3, -0.25) is 14.7 Å². The smallest absolute Gasteiger partial charge is 0.274 e. The van der Waals surface area contributed by atoms with Crippen LogP contribution in [-0.4, -0.2) is 56.7 Å². The van der Waals surface area contributed by atoms with Crippen LogP contribution in [-0.2, 0) is 19.5 Å². The molecule has 2 aromatic heterocycles. The van der Waals surface area contributed by atoms with Crippen molar-refractivity contribution in [3.63, 3.8) is 0 Å². The molecule has 5 rings (SSSR count). The van der Waals surface area contributed by atoms with Gasteiger partial charge in [0.25, 0.3) is 11.5 Å². The summed E-state index contributed by atoms with van der Waals surface area (Å²) in [5, 5.41) is 7.20. The summed E-state index contributed by atoms with van der Waals surface area (Å²) in [7, 11) is 0. The maximum Gasteiger partial charge on any atom is 0.274 e. The number of H-pyrrole nitrogens is 1. The second-order valence-corrected chi connectivity index (χ2v) is 10.2. The molecule has 0 bridgehead atoms. The quantitative estimate of drug-likeness (QED) is 0.561. The highest BCUT2D eigenvalue weighted by atomic mass is 19.1. The summed E-state index contributed by atoms with van der Waals surface area (Å²) in [5.74, 6) is -0.243. The van der Waals surface area contributed by atoms with Crippen LogP contribution < -0.4 is 5.56 Å². The number of piperidine rings is 1. The summed E-state index contributed by atoms with van der Waals surface area (Å²) >= 11 is 0. The van der Waals surface area contributed by atoms with Gasteiger partial charge in [0.1, 0.15) is 11.5 Å². The van der Waals surface area contributed by atoms with E-state index in [2.05, 4.69) is 28.9 Å². The first-order chi connectivity index (χ1) is 17.4. The fourth-order valence-electron chi connectivity index (χ4n) is 5.32. The van der Waals surface area contributed by atoms with Gasteiger partial charge in [0.2, 0.25) is 0 Å². The highest BCUT2D eigenvalue weighted by Crippen LogP contribution is 2.26. The number of rotatable bonds is 6. The van der Waals surface area contributed by atoms with Crippen LogP contribution in [0, 0.1) is 5.82 Å². The lowest BCUT2D eigenvalue weighted by molar-refractivity contribution is 0.0725. The molecule has 190 valence electrons. The van der Waals surface area contributed by atoms with Crippen molar-refractivity contribution >= 4 is 5.91 Å². The Kier molecular flexibility index (Phi) is 7.05. The lowest BCUT2D eigenvalue weighted by Crippen LogP contribution is -2.41. The number of aromatic amines is 1. The molecule has 0 saturated carbocycles. The average Bonchev–Trinajstić information content (AvgIpc) is 3.39. The number of fused-ring (bicyclic) bond motifs is 1. The number of nitrogens with one attached hydrogen (secondary N) is 1. The van der Waals surface area contributed by atoms with Crippen molar-refractivity contribution in [1.82, 2.24) is 24.6 Å². The van der Waals surface area contributed by atoms with Crippen LogP contribution in [0.2, 0.25) is 0 Å². The van der Waals surface area contributed by atoms with E-state index < -0.39 is 0 Å². The van der Waals surface area contributed by atoms with E-state index in [-0.39, 0.29) is 23.2 Å². The fraction of sp³-hybridized carbons (Fsp3) is 0.464. The van der Waals surface area contributed by atoms with Gasteiger partial charge in [0.05, 0.1) is 0 Å². The van der Waals surface area contributed by atoms with E-state index in [0.717, 1.165) is 36.6 Å². The summed E-state index contributed by atoms with van der Waals surface area (Å²) in [6.45, 7) is 8.55. The number of aromatic nitrogens is 3. The predicted molar refractivity (Wildman–Crippen MR) is 138 cm³/mol. The zero-order valence-corrected chi connectivity index (χ0v) is 21.1. The molecular formula is C28H34FN5O2. The highest BCUT2D eigenvalue weighted by molar-refractivity contribution is 5.92. The van der Waals surface area contributed by atoms with Gasteiger partial charge in [-0.25, -0.2) is 4.39 Å². The van der Waals surface area contributed by atoms with E-state index in [1.807, 2.05) is 16.7 Å². The summed E-state index contributed by atoms with van der Waals surface area (Å²) in [6, 6.07) is 9.85. The zero-order valence-electron chi connectivity index (χ0n) is 21.1. The molecule has 8 heteroatoms. The standard InChI is InChI=1S/C28H34FN5O2/c1-19(2)24-17-25(31-30-24)28(36)33-12-9-26-21(18-33)16-23(20-7-6-8-22(29)15-20)27(35)34(26)14-13-32-10-4-3-5-11-32/h6-8,15-17,19H,3-5,9-14,18H2,1-2H3,(H,30,31). The van der Waals surface area contributed by atoms with Gasteiger partial charge in [0, 0.05) is 49.6 Å². The largest absolute Gasteiger partial charge is 0.332 e. The first-order valence-electron chi connectivity index (χ1n) is 13.0. The van der Waals surface area contributed by atoms with Crippen molar-refractivity contribution in [2.75, 3.05) is 26.2 Å². The third-order valence-corrected chi connectivity index (χ3v) is 7.42. The minimum atomic E-state index is -0.374. The Morgan fingerprint density at radius 3 is 2.61 bits per heavy atom. The Balaban J connectivity index is 1.48. The number of likely N-dealkylation sites (tertiary alicyclic amines) is 1. The van der Waals surface area contributed by atoms with Crippen LogP contribution >= 0.6 is 0 Å². The van der Waals surface area contributed by atoms with Crippen LogP contribution in [0.25, 0.3) is 11.1 Å². The molecule has 1 N–H and O–H groups in total. The molecule has 2 aliphatic heterocycles. The predicted octanol–water partition coefficient (Wildman–Crippen LogP) is 4.19. The minimum absolute atomic E-state index is 0.0926. The number of halogens is 1. The number of hydrogen-bond donors (Lipinski definition) is 1. The highest BCUT2D eigenvalue weighted by Gasteiger charge is 2.27. The summed E-state index contributed by atoms with van der Waals surface area (Å²) < 4.78 is 15.9. The van der Waals surface area contributed by atoms with Gasteiger partial charge in [-0.05, 0) is 67.2 Å². The van der Waals surface area contributed by atoms with Gasteiger partial charge in [0.15, 0.2) is 0 Å². The Hall–Kier alpha value is -3.26. The fourth-order valence-corrected chi connectivity index (χ4v) is 5.32. The van der Waals surface area contributed by atoms with E-state index in [1.54, 1.807) is 17.0 Å². The normalized spacial score (nSPS) is 16.4. The van der Waals surface area contributed by atoms with Crippen LogP contribution in [0.15, 0.2) is 41.2 Å². The maximum atomic E-state index is 14.1. The molecule has 1 aromatic carbocycles. The van der Waals surface area contributed by atoms with E-state index in [0.29, 0.717) is 42.9 Å². The van der Waals surface area contributed by atoms with Crippen LogP contribution in [0.5, 0.6) is 0 Å². The molecule has 0 radical (unpaired) electrons. The van der Waals surface area contributed by atoms with Gasteiger partial charge in [-0.15, -0.1) is 0 Å². The molecule has 1 fully saturated rings. The topological polar surface area (TPSA) is 74.2 Å². The molecule has 7 nitrogen and oxygen atoms in total. The van der Waals surface area contributed by atoms with Crippen LogP contribution in [0.3, 0.4) is 0 Å². The van der Waals surface area contributed by atoms with Gasteiger partial charge in [-0.1, -0.05) is 32.4 Å². The third kappa shape index (κ3) is 5.00. The number of carbonyl (C=O) groups excluding carboxylic acids is 1. The van der Waals surface area contributed by atoms with Gasteiger partial charge in [-0.2, -0.15) is 5.10 Å². The van der Waals surface area contributed by atoms with Crippen molar-refractivity contribution in [2.24, 2.45) is 0 Å². The molecular weight excluding hydrogens is 457 g/mol. The van der Waals surface area contributed by atoms with Gasteiger partial charge >= 0.3 is 0 Å². The third-order valence-electron chi connectivity index (χ3n) is 7.42. The van der Waals surface area contributed by atoms with Crippen LogP contribution in [0.1, 0.15) is 66.5 Å². The molecule has 3 aromatic rings. The van der Waals surface area contributed by atoms with E-state index in [1.165, 1.54) is 31.4 Å². The van der Waals surface area contributed by atoms with E-state index in [9.17, 15) is 14.0 Å². The first kappa shape index (κ1) is 24.4. The molecule has 4 heterocycles. The van der Waals surface area contributed by atoms with Crippen molar-refractivity contribution in [3.8, 4) is 11.1 Å². The number of nitrogens with zero attached hydrogens (tertiary/aromatic N) is 4. The Labute approximate surface area is 210 Å². The Morgan fingerprint density at radius 2 is 1.89 bits per heavy atom. The molecule has 1 amide bonds. The number of hydrogen-bond acceptors (Lipinski definition) is 4. The molecule has 0 spiro atoms. The molecule has 1 saturated heterocycles. The molecule has 2 aliphatic rings. The summed E-state index contributed by atoms with van der Waals surface area (Å²) in [4.78, 5) is 31.1. The lowest BCUT2D eigenvalue weighted by atomic mass is 9.98. The molecule has 0 unspecified atom stereocenters. The zero-order chi connectivity index (χ0) is 25.2. The average molecular weight is 492 g/mol. The van der Waals surface area contributed by atoms with Crippen molar-refractivity contribution in [2.45, 2.75) is 58.5 Å². The monoisotopic (exact) mass is 491 g/mol. The molecule has 0 atom stereocenters. The molecule has 0 aliphatic carbocycles. The summed E-state index contributed by atoms with van der Waals surface area (Å²) in [5.41, 5.74) is 4.19. The SMILES string of the molecule is CC(C)c1cc(C(=O)N2CCc3c(cc(-c4cccc(F)c4)c(=O)n3CCN3CCCCC3)C2)n[nH]1. The maximum absolute atomic E-state index is 14.1. The second kappa shape index (κ2) is 10.4. The van der Waals surface area contributed by atoms with Gasteiger partial charge < -0.3 is 14.4 Å². The first-order valence-corrected chi connectivity index (χ1v) is 13.0. The lowest BCUT2D eigenvalue weighted by Gasteiger charge is -2.32. The van der Waals surface area contributed by atoms with Crippen molar-refractivity contribution in [1.29, 1.82) is 0 Å². The Bertz CT molecular complexity index is 1310. The number of pyridine rings is 1. The molecule has 36 heavy (non-hydrogen) atoms. The van der Waals surface area contributed by atoms with Crippen molar-refractivity contribution in [3.05, 3.63) is 75.2 Å².